The summed E-state index contributed by atoms with van der Waals surface area (Å²) in [4.78, 5) is 17.7. The van der Waals surface area contributed by atoms with Crippen LogP contribution in [-0.2, 0) is 14.6 Å². The lowest BCUT2D eigenvalue weighted by Crippen LogP contribution is -1.94. The lowest BCUT2D eigenvalue weighted by Gasteiger charge is -1.94. The third-order valence-electron chi connectivity index (χ3n) is 1.40. The Bertz CT molecular complexity index is 88.3. The second-order valence-corrected chi connectivity index (χ2v) is 2.22. The van der Waals surface area contributed by atoms with Gasteiger partial charge in [0.25, 0.3) is 0 Å². The Morgan fingerprint density at radius 3 is 2.89 bits per heavy atom. The number of hydrogen-bond acceptors (Lipinski definition) is 3. The van der Waals surface area contributed by atoms with E-state index in [9.17, 15) is 4.79 Å². The minimum Gasteiger partial charge on any atom is -0.285 e. The number of hydrogen-bond donors (Lipinski definition) is 0. The molecule has 1 aliphatic rings. The van der Waals surface area contributed by atoms with Crippen LogP contribution in [-0.4, -0.2) is 13.1 Å². The zero-order valence-corrected chi connectivity index (χ0v) is 5.13. The fourth-order valence-electron chi connectivity index (χ4n) is 0.687. The van der Waals surface area contributed by atoms with Crippen molar-refractivity contribution in [3.8, 4) is 0 Å². The van der Waals surface area contributed by atoms with Crippen LogP contribution in [0.15, 0.2) is 0 Å². The zero-order valence-electron chi connectivity index (χ0n) is 5.13. The third-order valence-corrected chi connectivity index (χ3v) is 1.40. The molecule has 1 saturated carbocycles. The van der Waals surface area contributed by atoms with Crippen molar-refractivity contribution in [1.82, 2.24) is 0 Å². The maximum Gasteiger partial charge on any atom is 0.453 e. The summed E-state index contributed by atoms with van der Waals surface area (Å²) in [6.45, 7) is 1.70. The van der Waals surface area contributed by atoms with Gasteiger partial charge in [0.15, 0.2) is 0 Å². The van der Waals surface area contributed by atoms with Crippen molar-refractivity contribution in [2.24, 2.45) is 5.92 Å². The Morgan fingerprint density at radius 1 is 1.56 bits per heavy atom. The molecule has 0 amide bonds. The van der Waals surface area contributed by atoms with Gasteiger partial charge in [0.2, 0.25) is 0 Å². The molecular weight excluding hydrogens is 120 g/mol. The lowest BCUT2D eigenvalue weighted by atomic mass is 10.3. The molecule has 0 unspecified atom stereocenters. The van der Waals surface area contributed by atoms with Crippen LogP contribution < -0.4 is 0 Å². The van der Waals surface area contributed by atoms with Gasteiger partial charge in [-0.1, -0.05) is 12.8 Å². The van der Waals surface area contributed by atoms with E-state index in [1.54, 1.807) is 0 Å². The average Bonchev–Trinajstić information content (AvgIpc) is 2.63. The van der Waals surface area contributed by atoms with Gasteiger partial charge < -0.3 is 0 Å². The first-order valence-electron chi connectivity index (χ1n) is 3.09. The van der Waals surface area contributed by atoms with Gasteiger partial charge in [-0.15, -0.1) is 0 Å². The largest absolute Gasteiger partial charge is 0.453 e. The van der Waals surface area contributed by atoms with Crippen LogP contribution >= 0.6 is 0 Å². The van der Waals surface area contributed by atoms with Gasteiger partial charge in [-0.3, -0.25) is 4.89 Å². The molecule has 0 aromatic rings. The first kappa shape index (κ1) is 6.55. The second kappa shape index (κ2) is 3.45. The maximum absolute atomic E-state index is 9.39. The average molecular weight is 129 g/mol. The number of carbonyl (C=O) groups excluding carboxylic acids is 1. The zero-order chi connectivity index (χ0) is 6.53. The highest BCUT2D eigenvalue weighted by Gasteiger charge is 2.20. The van der Waals surface area contributed by atoms with Crippen LogP contribution in [0.25, 0.3) is 0 Å². The van der Waals surface area contributed by atoms with E-state index >= 15 is 0 Å². The molecule has 0 aliphatic heterocycles. The monoisotopic (exact) mass is 129 g/mol. The van der Waals surface area contributed by atoms with E-state index in [0.717, 1.165) is 12.3 Å². The molecule has 9 heavy (non-hydrogen) atoms. The molecule has 3 nitrogen and oxygen atoms in total. The maximum atomic E-state index is 9.39. The van der Waals surface area contributed by atoms with Gasteiger partial charge in [-0.05, 0) is 12.3 Å². The summed E-state index contributed by atoms with van der Waals surface area (Å²) >= 11 is 0. The second-order valence-electron chi connectivity index (χ2n) is 2.22. The van der Waals surface area contributed by atoms with Crippen LogP contribution in [0.5, 0.6) is 0 Å². The Hall–Kier alpha value is -0.570. The van der Waals surface area contributed by atoms with Crippen molar-refractivity contribution in [2.75, 3.05) is 6.61 Å². The van der Waals surface area contributed by atoms with Crippen molar-refractivity contribution in [3.05, 3.63) is 0 Å². The van der Waals surface area contributed by atoms with Crippen molar-refractivity contribution in [1.29, 1.82) is 0 Å². The summed E-state index contributed by atoms with van der Waals surface area (Å²) in [5, 5.41) is 0. The lowest BCUT2D eigenvalue weighted by molar-refractivity contribution is -0.223. The highest BCUT2D eigenvalue weighted by atomic mass is 17.2. The first-order chi connectivity index (χ1) is 4.43. The summed E-state index contributed by atoms with van der Waals surface area (Å²) in [7, 11) is 0. The molecule has 0 heterocycles. The van der Waals surface area contributed by atoms with Crippen molar-refractivity contribution < 1.29 is 14.6 Å². The molecule has 1 rings (SSSR count). The highest BCUT2D eigenvalue weighted by molar-refractivity contribution is 5.36. The van der Waals surface area contributed by atoms with Crippen LogP contribution in [0.2, 0.25) is 0 Å². The van der Waals surface area contributed by atoms with E-state index in [1.807, 2.05) is 0 Å². The molecule has 0 spiro atoms. The highest BCUT2D eigenvalue weighted by Crippen LogP contribution is 2.31. The van der Waals surface area contributed by atoms with E-state index in [0.29, 0.717) is 6.61 Å². The summed E-state index contributed by atoms with van der Waals surface area (Å²) in [5.41, 5.74) is 0. The van der Waals surface area contributed by atoms with E-state index in [4.69, 9.17) is 0 Å². The molecule has 0 N–H and O–H groups in total. The molecule has 0 aromatic heterocycles. The molecule has 1 aliphatic carbocycles. The fraction of sp³-hybridized carbons (Fsp3) is 0.833. The van der Waals surface area contributed by atoms with Gasteiger partial charge in [-0.2, -0.15) is 4.89 Å². The van der Waals surface area contributed by atoms with Crippen LogP contribution in [0, 0.1) is 5.92 Å². The van der Waals surface area contributed by atoms with Gasteiger partial charge in [-0.25, -0.2) is 4.79 Å². The summed E-state index contributed by atoms with van der Waals surface area (Å²) in [6.07, 6.45) is 3.60. The Labute approximate surface area is 53.9 Å². The number of rotatable bonds is 5. The smallest absolute Gasteiger partial charge is 0.285 e. The van der Waals surface area contributed by atoms with Gasteiger partial charge in [0.1, 0.15) is 0 Å². The quantitative estimate of drug-likeness (QED) is 0.313. The topological polar surface area (TPSA) is 35.5 Å². The van der Waals surface area contributed by atoms with Crippen molar-refractivity contribution in [2.45, 2.75) is 19.3 Å². The van der Waals surface area contributed by atoms with Crippen LogP contribution in [0.1, 0.15) is 19.3 Å². The molecule has 1 radical (unpaired) electrons. The van der Waals surface area contributed by atoms with Gasteiger partial charge >= 0.3 is 6.47 Å². The fourth-order valence-corrected chi connectivity index (χ4v) is 0.687. The van der Waals surface area contributed by atoms with Crippen LogP contribution in [0.3, 0.4) is 0 Å². The summed E-state index contributed by atoms with van der Waals surface area (Å²) in [5.74, 6) is 0.820. The minimum atomic E-state index is 0.514. The predicted octanol–water partition coefficient (Wildman–Crippen LogP) is 0.802. The summed E-state index contributed by atoms with van der Waals surface area (Å²) < 4.78 is 0. The predicted molar refractivity (Wildman–Crippen MR) is 30.1 cm³/mol. The SMILES string of the molecule is O=[C]OOCCC1CC1. The first-order valence-corrected chi connectivity index (χ1v) is 3.09. The van der Waals surface area contributed by atoms with E-state index in [1.165, 1.54) is 19.3 Å². The Morgan fingerprint density at radius 2 is 2.33 bits per heavy atom. The Kier molecular flexibility index (Phi) is 2.51. The molecule has 0 saturated heterocycles. The normalized spacial score (nSPS) is 17.3. The van der Waals surface area contributed by atoms with E-state index < -0.39 is 0 Å². The van der Waals surface area contributed by atoms with E-state index in [-0.39, 0.29) is 0 Å². The van der Waals surface area contributed by atoms with Gasteiger partial charge in [0.05, 0.1) is 6.61 Å². The van der Waals surface area contributed by atoms with Crippen LogP contribution in [0.4, 0.5) is 0 Å². The molecule has 0 aromatic carbocycles. The molecule has 51 valence electrons. The standard InChI is InChI=1S/C6H9O3/c7-5-9-8-4-3-6-1-2-6/h6H,1-4H2. The third kappa shape index (κ3) is 3.08. The molecular formula is C6H9O3. The molecule has 0 bridgehead atoms. The van der Waals surface area contributed by atoms with Crippen molar-refractivity contribution in [3.63, 3.8) is 0 Å². The van der Waals surface area contributed by atoms with Crippen molar-refractivity contribution >= 4 is 6.47 Å². The minimum absolute atomic E-state index is 0.514. The molecule has 0 atom stereocenters. The van der Waals surface area contributed by atoms with E-state index in [2.05, 4.69) is 9.78 Å². The summed E-state index contributed by atoms with van der Waals surface area (Å²) in [6, 6.07) is 0. The molecule has 1 fully saturated rings. The van der Waals surface area contributed by atoms with Gasteiger partial charge in [0, 0.05) is 0 Å². The Balaban J connectivity index is 1.75. The molecule has 3 heteroatoms.